The van der Waals surface area contributed by atoms with Gasteiger partial charge in [0.15, 0.2) is 0 Å². The van der Waals surface area contributed by atoms with Crippen LogP contribution in [0.3, 0.4) is 0 Å². The zero-order chi connectivity index (χ0) is 14.5. The smallest absolute Gasteiger partial charge is 0.329 e. The molecule has 1 fully saturated rings. The maximum absolute atomic E-state index is 11.9. The van der Waals surface area contributed by atoms with E-state index in [4.69, 9.17) is 0 Å². The van der Waals surface area contributed by atoms with Gasteiger partial charge in [0.05, 0.1) is 0 Å². The van der Waals surface area contributed by atoms with Gasteiger partial charge < -0.3 is 15.7 Å². The van der Waals surface area contributed by atoms with E-state index in [9.17, 15) is 14.7 Å². The molecule has 0 heterocycles. The summed E-state index contributed by atoms with van der Waals surface area (Å²) in [4.78, 5) is 23.4. The summed E-state index contributed by atoms with van der Waals surface area (Å²) in [6.07, 6.45) is 4.67. The van der Waals surface area contributed by atoms with Gasteiger partial charge in [-0.2, -0.15) is 11.8 Å². The number of hydrogen-bond donors (Lipinski definition) is 3. The monoisotopic (exact) mass is 288 g/mol. The fourth-order valence-corrected chi connectivity index (χ4v) is 3.00. The predicted octanol–water partition coefficient (Wildman–Crippen LogP) is 2.07. The lowest BCUT2D eigenvalue weighted by Crippen LogP contribution is -2.59. The van der Waals surface area contributed by atoms with E-state index in [-0.39, 0.29) is 12.1 Å². The van der Waals surface area contributed by atoms with Gasteiger partial charge in [-0.05, 0) is 44.8 Å². The van der Waals surface area contributed by atoms with Crippen LogP contribution in [0.15, 0.2) is 0 Å². The quantitative estimate of drug-likeness (QED) is 0.723. The average molecular weight is 288 g/mol. The highest BCUT2D eigenvalue weighted by Crippen LogP contribution is 2.32. The minimum Gasteiger partial charge on any atom is -0.480 e. The number of carbonyl (C=O) groups excluding carboxylic acids is 1. The molecule has 3 N–H and O–H groups in total. The van der Waals surface area contributed by atoms with Crippen molar-refractivity contribution < 1.29 is 14.7 Å². The van der Waals surface area contributed by atoms with E-state index in [2.05, 4.69) is 17.6 Å². The van der Waals surface area contributed by atoms with Gasteiger partial charge >= 0.3 is 12.0 Å². The van der Waals surface area contributed by atoms with E-state index < -0.39 is 11.5 Å². The number of carbonyl (C=O) groups is 2. The van der Waals surface area contributed by atoms with Crippen molar-refractivity contribution in [2.45, 2.75) is 51.1 Å². The van der Waals surface area contributed by atoms with Crippen LogP contribution in [-0.2, 0) is 4.79 Å². The van der Waals surface area contributed by atoms with Crippen LogP contribution >= 0.6 is 11.8 Å². The molecule has 1 unspecified atom stereocenters. The first-order valence-corrected chi connectivity index (χ1v) is 8.10. The summed E-state index contributed by atoms with van der Waals surface area (Å²) in [6.45, 7) is 4.03. The third kappa shape index (κ3) is 4.60. The van der Waals surface area contributed by atoms with Crippen molar-refractivity contribution in [1.82, 2.24) is 10.6 Å². The molecule has 0 saturated heterocycles. The number of amides is 2. The Morgan fingerprint density at radius 2 is 2.00 bits per heavy atom. The van der Waals surface area contributed by atoms with E-state index in [1.54, 1.807) is 11.8 Å². The van der Waals surface area contributed by atoms with Crippen LogP contribution in [0.25, 0.3) is 0 Å². The molecule has 0 spiro atoms. The normalized spacial score (nSPS) is 28.5. The predicted molar refractivity (Wildman–Crippen MR) is 77.5 cm³/mol. The molecule has 1 atom stereocenters. The largest absolute Gasteiger partial charge is 0.480 e. The Hall–Kier alpha value is -0.910. The molecule has 0 aromatic rings. The molecular formula is C13H24N2O3S. The van der Waals surface area contributed by atoms with E-state index in [0.29, 0.717) is 18.8 Å². The van der Waals surface area contributed by atoms with Gasteiger partial charge in [-0.1, -0.05) is 6.92 Å². The number of nitrogens with one attached hydrogen (secondary N) is 2. The number of rotatable bonds is 5. The Balaban J connectivity index is 2.59. The maximum Gasteiger partial charge on any atom is 0.329 e. The molecule has 0 aliphatic heterocycles. The van der Waals surface area contributed by atoms with Crippen molar-refractivity contribution >= 4 is 23.8 Å². The fraction of sp³-hybridized carbons (Fsp3) is 0.846. The molecule has 0 aromatic carbocycles. The molecule has 110 valence electrons. The zero-order valence-corrected chi connectivity index (χ0v) is 12.7. The summed E-state index contributed by atoms with van der Waals surface area (Å²) in [6, 6.07) is -0.345. The molecule has 2 amide bonds. The van der Waals surface area contributed by atoms with Crippen LogP contribution in [-0.4, -0.2) is 40.7 Å². The number of hydrogen-bond acceptors (Lipinski definition) is 3. The first-order chi connectivity index (χ1) is 8.89. The standard InChI is InChI=1S/C13H24N2O3S/c1-9-4-6-13(7-5-9,11(16)17)15-12(18)14-10(2)8-19-3/h9-10H,4-8H2,1-3H3,(H,16,17)(H2,14,15,18). The summed E-state index contributed by atoms with van der Waals surface area (Å²) in [5.74, 6) is 0.421. The first-order valence-electron chi connectivity index (χ1n) is 6.70. The molecular weight excluding hydrogens is 264 g/mol. The highest BCUT2D eigenvalue weighted by Gasteiger charge is 2.42. The summed E-state index contributed by atoms with van der Waals surface area (Å²) in [5, 5.41) is 14.9. The minimum absolute atomic E-state index is 0.0309. The average Bonchev–Trinajstić information content (AvgIpc) is 2.32. The van der Waals surface area contributed by atoms with E-state index in [0.717, 1.165) is 18.6 Å². The van der Waals surface area contributed by atoms with Crippen molar-refractivity contribution in [3.05, 3.63) is 0 Å². The molecule has 19 heavy (non-hydrogen) atoms. The van der Waals surface area contributed by atoms with Crippen LogP contribution in [0.4, 0.5) is 4.79 Å². The second kappa shape index (κ2) is 7.03. The van der Waals surface area contributed by atoms with Gasteiger partial charge in [0.2, 0.25) is 0 Å². The topological polar surface area (TPSA) is 78.4 Å². The zero-order valence-electron chi connectivity index (χ0n) is 11.9. The van der Waals surface area contributed by atoms with Crippen molar-refractivity contribution in [2.24, 2.45) is 5.92 Å². The number of urea groups is 1. The molecule has 0 aromatic heterocycles. The lowest BCUT2D eigenvalue weighted by atomic mass is 9.77. The molecule has 1 aliphatic rings. The first kappa shape index (κ1) is 16.1. The fourth-order valence-electron chi connectivity index (χ4n) is 2.42. The number of carboxylic acid groups (broad SMARTS) is 1. The van der Waals surface area contributed by atoms with Crippen molar-refractivity contribution in [3.63, 3.8) is 0 Å². The Morgan fingerprint density at radius 1 is 1.42 bits per heavy atom. The lowest BCUT2D eigenvalue weighted by Gasteiger charge is -2.36. The summed E-state index contributed by atoms with van der Waals surface area (Å²) >= 11 is 1.64. The Kier molecular flexibility index (Phi) is 5.97. The Labute approximate surface area is 118 Å². The summed E-state index contributed by atoms with van der Waals surface area (Å²) < 4.78 is 0. The van der Waals surface area contributed by atoms with Gasteiger partial charge in [-0.3, -0.25) is 0 Å². The number of carboxylic acids is 1. The van der Waals surface area contributed by atoms with E-state index >= 15 is 0 Å². The van der Waals surface area contributed by atoms with Gasteiger partial charge in [0.25, 0.3) is 0 Å². The van der Waals surface area contributed by atoms with Gasteiger partial charge in [-0.25, -0.2) is 9.59 Å². The van der Waals surface area contributed by atoms with Gasteiger partial charge in [0, 0.05) is 11.8 Å². The van der Waals surface area contributed by atoms with E-state index in [1.165, 1.54) is 0 Å². The molecule has 0 bridgehead atoms. The number of thioether (sulfide) groups is 1. The SMILES string of the molecule is CSCC(C)NC(=O)NC1(C(=O)O)CCC(C)CC1. The lowest BCUT2D eigenvalue weighted by molar-refractivity contribution is -0.146. The highest BCUT2D eigenvalue weighted by atomic mass is 32.2. The van der Waals surface area contributed by atoms with Crippen LogP contribution in [0.1, 0.15) is 39.5 Å². The summed E-state index contributed by atoms with van der Waals surface area (Å²) in [5.41, 5.74) is -1.09. The Morgan fingerprint density at radius 3 is 2.47 bits per heavy atom. The highest BCUT2D eigenvalue weighted by molar-refractivity contribution is 7.98. The minimum atomic E-state index is -1.09. The Bertz CT molecular complexity index is 328. The molecule has 6 heteroatoms. The summed E-state index contributed by atoms with van der Waals surface area (Å²) in [7, 11) is 0. The van der Waals surface area contributed by atoms with Crippen molar-refractivity contribution in [1.29, 1.82) is 0 Å². The molecule has 1 rings (SSSR count). The van der Waals surface area contributed by atoms with Gasteiger partial charge in [-0.15, -0.1) is 0 Å². The maximum atomic E-state index is 11.9. The molecule has 1 saturated carbocycles. The third-order valence-electron chi connectivity index (χ3n) is 3.68. The molecule has 5 nitrogen and oxygen atoms in total. The van der Waals surface area contributed by atoms with E-state index in [1.807, 2.05) is 13.2 Å². The second-order valence-corrected chi connectivity index (χ2v) is 6.44. The third-order valence-corrected chi connectivity index (χ3v) is 4.52. The van der Waals surface area contributed by atoms with Crippen LogP contribution in [0.2, 0.25) is 0 Å². The van der Waals surface area contributed by atoms with Crippen LogP contribution < -0.4 is 10.6 Å². The van der Waals surface area contributed by atoms with Crippen molar-refractivity contribution in [2.75, 3.05) is 12.0 Å². The van der Waals surface area contributed by atoms with Gasteiger partial charge in [0.1, 0.15) is 5.54 Å². The van der Waals surface area contributed by atoms with Crippen LogP contribution in [0, 0.1) is 5.92 Å². The number of aliphatic carboxylic acids is 1. The molecule has 0 radical (unpaired) electrons. The molecule has 1 aliphatic carbocycles. The van der Waals surface area contributed by atoms with Crippen LogP contribution in [0.5, 0.6) is 0 Å². The van der Waals surface area contributed by atoms with Crippen molar-refractivity contribution in [3.8, 4) is 0 Å². The second-order valence-electron chi connectivity index (χ2n) is 5.52.